The number of halogens is 5. The van der Waals surface area contributed by atoms with Gasteiger partial charge in [0.25, 0.3) is 0 Å². The molecule has 2 amide bonds. The van der Waals surface area contributed by atoms with E-state index in [-0.39, 0.29) is 23.2 Å². The summed E-state index contributed by atoms with van der Waals surface area (Å²) in [5.74, 6) is -1.51. The summed E-state index contributed by atoms with van der Waals surface area (Å²) < 4.78 is 70.5. The minimum atomic E-state index is -4.85. The van der Waals surface area contributed by atoms with Crippen molar-refractivity contribution in [3.8, 4) is 22.9 Å². The topological polar surface area (TPSA) is 115 Å². The van der Waals surface area contributed by atoms with Gasteiger partial charge in [-0.25, -0.2) is 28.5 Å². The van der Waals surface area contributed by atoms with E-state index in [4.69, 9.17) is 10.5 Å². The van der Waals surface area contributed by atoms with E-state index in [2.05, 4.69) is 25.6 Å². The van der Waals surface area contributed by atoms with Gasteiger partial charge in [0, 0.05) is 11.3 Å². The molecule has 0 saturated carbocycles. The number of pyridine rings is 1. The fourth-order valence-corrected chi connectivity index (χ4v) is 3.04. The number of amides is 2. The summed E-state index contributed by atoms with van der Waals surface area (Å²) in [6.07, 6.45) is -1.38. The molecule has 2 aromatic heterocycles. The molecule has 0 saturated heterocycles. The quantitative estimate of drug-likeness (QED) is 0.295. The maximum atomic E-state index is 13.6. The van der Waals surface area contributed by atoms with Gasteiger partial charge < -0.3 is 21.1 Å². The van der Waals surface area contributed by atoms with E-state index < -0.39 is 29.4 Å². The zero-order chi connectivity index (χ0) is 25.9. The fraction of sp³-hybridized carbons (Fsp3) is 0.0435. The van der Waals surface area contributed by atoms with Crippen LogP contribution in [0, 0.1) is 11.6 Å². The largest absolute Gasteiger partial charge is 0.424 e. The molecular weight excluding hydrogens is 487 g/mol. The number of rotatable bonds is 5. The lowest BCUT2D eigenvalue weighted by molar-refractivity contribution is -0.139. The molecule has 0 unspecified atom stereocenters. The molecule has 0 atom stereocenters. The molecule has 4 aromatic rings. The van der Waals surface area contributed by atoms with Gasteiger partial charge in [0.15, 0.2) is 0 Å². The molecule has 0 aliphatic carbocycles. The van der Waals surface area contributed by atoms with Crippen LogP contribution in [0.5, 0.6) is 11.8 Å². The molecule has 184 valence electrons. The minimum Gasteiger partial charge on any atom is -0.424 e. The van der Waals surface area contributed by atoms with Crippen LogP contribution in [-0.2, 0) is 6.18 Å². The summed E-state index contributed by atoms with van der Waals surface area (Å²) in [5.41, 5.74) is 5.33. The predicted octanol–water partition coefficient (Wildman–Crippen LogP) is 5.85. The van der Waals surface area contributed by atoms with Crippen LogP contribution < -0.4 is 21.1 Å². The number of aromatic nitrogens is 3. The molecule has 4 N–H and O–H groups in total. The smallest absolute Gasteiger partial charge is 0.419 e. The Morgan fingerprint density at radius 1 is 0.861 bits per heavy atom. The lowest BCUT2D eigenvalue weighted by atomic mass is 10.1. The predicted molar refractivity (Wildman–Crippen MR) is 120 cm³/mol. The second-order valence-corrected chi connectivity index (χ2v) is 7.24. The van der Waals surface area contributed by atoms with Crippen LogP contribution >= 0.6 is 0 Å². The van der Waals surface area contributed by atoms with Crippen molar-refractivity contribution in [1.29, 1.82) is 0 Å². The Morgan fingerprint density at radius 3 is 2.17 bits per heavy atom. The van der Waals surface area contributed by atoms with Crippen molar-refractivity contribution in [2.24, 2.45) is 0 Å². The molecule has 0 aliphatic heterocycles. The number of benzene rings is 2. The highest BCUT2D eigenvalue weighted by atomic mass is 19.4. The van der Waals surface area contributed by atoms with Gasteiger partial charge in [-0.3, -0.25) is 0 Å². The van der Waals surface area contributed by atoms with Crippen LogP contribution in [-0.4, -0.2) is 21.0 Å². The van der Waals surface area contributed by atoms with Gasteiger partial charge in [-0.2, -0.15) is 13.2 Å². The monoisotopic (exact) mass is 502 g/mol. The number of nitrogen functional groups attached to an aromatic ring is 1. The Labute approximate surface area is 200 Å². The highest BCUT2D eigenvalue weighted by molar-refractivity contribution is 5.99. The van der Waals surface area contributed by atoms with E-state index in [1.54, 1.807) is 24.3 Å². The highest BCUT2D eigenvalue weighted by Crippen LogP contribution is 2.32. The van der Waals surface area contributed by atoms with E-state index in [0.29, 0.717) is 29.0 Å². The molecule has 0 fully saturated rings. The molecule has 0 aliphatic rings. The fourth-order valence-electron chi connectivity index (χ4n) is 3.04. The van der Waals surface area contributed by atoms with Gasteiger partial charge >= 0.3 is 18.2 Å². The number of hydrogen-bond donors (Lipinski definition) is 3. The highest BCUT2D eigenvalue weighted by Gasteiger charge is 2.34. The molecule has 0 bridgehead atoms. The normalized spacial score (nSPS) is 11.1. The van der Waals surface area contributed by atoms with Gasteiger partial charge in [0.05, 0.1) is 29.8 Å². The average Bonchev–Trinajstić information content (AvgIpc) is 2.82. The van der Waals surface area contributed by atoms with Crippen LogP contribution in [0.15, 0.2) is 67.1 Å². The van der Waals surface area contributed by atoms with E-state index in [1.165, 1.54) is 18.5 Å². The average molecular weight is 502 g/mol. The van der Waals surface area contributed by atoms with Crippen LogP contribution in [0.3, 0.4) is 0 Å². The van der Waals surface area contributed by atoms with Crippen molar-refractivity contribution in [2.45, 2.75) is 6.18 Å². The number of alkyl halides is 3. The Balaban J connectivity index is 1.35. The van der Waals surface area contributed by atoms with Crippen molar-refractivity contribution in [2.75, 3.05) is 16.4 Å². The Hall–Kier alpha value is -4.81. The maximum Gasteiger partial charge on any atom is 0.419 e. The second kappa shape index (κ2) is 9.82. The maximum absolute atomic E-state index is 13.6. The third kappa shape index (κ3) is 5.81. The van der Waals surface area contributed by atoms with Crippen molar-refractivity contribution in [3.63, 3.8) is 0 Å². The first-order valence-corrected chi connectivity index (χ1v) is 10.0. The molecular formula is C23H15F5N6O2. The first-order chi connectivity index (χ1) is 17.1. The molecule has 2 heterocycles. The lowest BCUT2D eigenvalue weighted by Gasteiger charge is -2.11. The molecule has 0 radical (unpaired) electrons. The molecule has 36 heavy (non-hydrogen) atoms. The van der Waals surface area contributed by atoms with Gasteiger partial charge in [-0.15, -0.1) is 0 Å². The number of nitrogens with one attached hydrogen (secondary N) is 2. The third-order valence-electron chi connectivity index (χ3n) is 4.68. The van der Waals surface area contributed by atoms with Gasteiger partial charge in [0.1, 0.15) is 23.2 Å². The minimum absolute atomic E-state index is 0.0505. The van der Waals surface area contributed by atoms with E-state index in [9.17, 15) is 26.7 Å². The van der Waals surface area contributed by atoms with Crippen LogP contribution in [0.4, 0.5) is 43.9 Å². The van der Waals surface area contributed by atoms with Gasteiger partial charge in [-0.05, 0) is 42.0 Å². The number of anilines is 3. The van der Waals surface area contributed by atoms with Gasteiger partial charge in [0.2, 0.25) is 0 Å². The Kier molecular flexibility index (Phi) is 6.63. The summed E-state index contributed by atoms with van der Waals surface area (Å²) in [6.45, 7) is 0. The van der Waals surface area contributed by atoms with Crippen molar-refractivity contribution in [3.05, 3.63) is 84.3 Å². The first kappa shape index (κ1) is 24.3. The molecule has 0 spiro atoms. The summed E-state index contributed by atoms with van der Waals surface area (Å²) in [7, 11) is 0. The van der Waals surface area contributed by atoms with E-state index in [0.717, 1.165) is 12.3 Å². The molecule has 4 rings (SSSR count). The standard InChI is InChI=1S/C23H15F5N6O2/c24-13-7-17(20(29)30-9-13)12-1-4-16(5-2-12)36-22-31-10-15(11-32-22)34-21(35)33-14-3-6-18(19(25)8-14)23(26,27)28/h1-11H,(H2,29,30)(H2,33,34,35). The third-order valence-corrected chi connectivity index (χ3v) is 4.68. The number of nitrogens with two attached hydrogens (primary N) is 1. The zero-order valence-electron chi connectivity index (χ0n) is 18.0. The van der Waals surface area contributed by atoms with Crippen LogP contribution in [0.25, 0.3) is 11.1 Å². The number of nitrogens with zero attached hydrogens (tertiary/aromatic N) is 3. The van der Waals surface area contributed by atoms with E-state index in [1.807, 2.05) is 0 Å². The molecule has 13 heteroatoms. The number of hydrogen-bond acceptors (Lipinski definition) is 6. The number of ether oxygens (including phenoxy) is 1. The van der Waals surface area contributed by atoms with Crippen molar-refractivity contribution >= 4 is 23.2 Å². The SMILES string of the molecule is Nc1ncc(F)cc1-c1ccc(Oc2ncc(NC(=O)Nc3ccc(C(F)(F)F)c(F)c3)cn2)cc1. The summed E-state index contributed by atoms with van der Waals surface area (Å²) in [6, 6.07) is 8.83. The molecule has 8 nitrogen and oxygen atoms in total. The summed E-state index contributed by atoms with van der Waals surface area (Å²) >= 11 is 0. The summed E-state index contributed by atoms with van der Waals surface area (Å²) in [4.78, 5) is 23.7. The Bertz CT molecular complexity index is 1400. The number of urea groups is 1. The van der Waals surface area contributed by atoms with Crippen LogP contribution in [0.1, 0.15) is 5.56 Å². The molecule has 2 aromatic carbocycles. The van der Waals surface area contributed by atoms with Crippen LogP contribution in [0.2, 0.25) is 0 Å². The van der Waals surface area contributed by atoms with Gasteiger partial charge in [-0.1, -0.05) is 12.1 Å². The van der Waals surface area contributed by atoms with Crippen molar-refractivity contribution < 1.29 is 31.5 Å². The van der Waals surface area contributed by atoms with Crippen molar-refractivity contribution in [1.82, 2.24) is 15.0 Å². The Morgan fingerprint density at radius 2 is 1.53 bits per heavy atom. The summed E-state index contributed by atoms with van der Waals surface area (Å²) in [5, 5.41) is 4.57. The number of carbonyl (C=O) groups excluding carboxylic acids is 1. The number of carbonyl (C=O) groups is 1. The van der Waals surface area contributed by atoms with E-state index >= 15 is 0 Å². The lowest BCUT2D eigenvalue weighted by Crippen LogP contribution is -2.20. The first-order valence-electron chi connectivity index (χ1n) is 10.0. The zero-order valence-corrected chi connectivity index (χ0v) is 18.0. The second-order valence-electron chi connectivity index (χ2n) is 7.24.